The van der Waals surface area contributed by atoms with E-state index in [2.05, 4.69) is 57.3 Å². The fourth-order valence-corrected chi connectivity index (χ4v) is 2.55. The van der Waals surface area contributed by atoms with Crippen LogP contribution in [0.25, 0.3) is 0 Å². The van der Waals surface area contributed by atoms with Crippen molar-refractivity contribution in [1.82, 2.24) is 10.2 Å². The Balaban J connectivity index is 0.000000392. The Morgan fingerprint density at radius 1 is 1.04 bits per heavy atom. The Morgan fingerprint density at radius 3 is 2.00 bits per heavy atom. The van der Waals surface area contributed by atoms with Crippen molar-refractivity contribution in [3.8, 4) is 0 Å². The van der Waals surface area contributed by atoms with Gasteiger partial charge in [0.25, 0.3) is 0 Å². The van der Waals surface area contributed by atoms with Crippen LogP contribution < -0.4 is 5.32 Å². The fraction of sp³-hybridized carbons (Fsp3) is 0.750. The zero-order chi connectivity index (χ0) is 17.8. The van der Waals surface area contributed by atoms with Crippen LogP contribution in [0.3, 0.4) is 0 Å². The molecule has 3 nitrogen and oxygen atoms in total. The third-order valence-electron chi connectivity index (χ3n) is 4.32. The molecule has 0 aromatic carbocycles. The quantitative estimate of drug-likeness (QED) is 0.776. The van der Waals surface area contributed by atoms with E-state index in [0.29, 0.717) is 11.8 Å². The molecule has 0 bridgehead atoms. The van der Waals surface area contributed by atoms with Crippen molar-refractivity contribution >= 4 is 5.91 Å². The number of nitrogens with one attached hydrogen (secondary N) is 1. The zero-order valence-electron chi connectivity index (χ0n) is 16.3. The van der Waals surface area contributed by atoms with Gasteiger partial charge in [-0.3, -0.25) is 4.79 Å². The topological polar surface area (TPSA) is 32.3 Å². The average molecular weight is 323 g/mol. The lowest BCUT2D eigenvalue weighted by atomic mass is 9.93. The predicted octanol–water partition coefficient (Wildman–Crippen LogP) is 4.12. The maximum absolute atomic E-state index is 11.1. The number of nitrogens with zero attached hydrogens (tertiary/aromatic N) is 1. The van der Waals surface area contributed by atoms with Gasteiger partial charge in [0.1, 0.15) is 0 Å². The molecule has 2 unspecified atom stereocenters. The molecule has 2 rings (SSSR count). The SMILES string of the molecule is CC.CC(=O)N1CC=CC(C(C)C)C1.CC(C)C1C=CCNC1. The largest absolute Gasteiger partial charge is 0.339 e. The van der Waals surface area contributed by atoms with Gasteiger partial charge in [-0.25, -0.2) is 0 Å². The fourth-order valence-electron chi connectivity index (χ4n) is 2.55. The maximum atomic E-state index is 11.1. The summed E-state index contributed by atoms with van der Waals surface area (Å²) in [5, 5.41) is 3.33. The summed E-state index contributed by atoms with van der Waals surface area (Å²) in [4.78, 5) is 13.0. The number of amides is 1. The van der Waals surface area contributed by atoms with Gasteiger partial charge in [0, 0.05) is 33.1 Å². The van der Waals surface area contributed by atoms with Crippen LogP contribution in [0.5, 0.6) is 0 Å². The van der Waals surface area contributed by atoms with E-state index >= 15 is 0 Å². The molecule has 0 saturated carbocycles. The van der Waals surface area contributed by atoms with Crippen molar-refractivity contribution in [2.24, 2.45) is 23.7 Å². The molecule has 0 aromatic rings. The molecule has 1 amide bonds. The zero-order valence-corrected chi connectivity index (χ0v) is 16.3. The molecule has 134 valence electrons. The van der Waals surface area contributed by atoms with Gasteiger partial charge in [0.15, 0.2) is 0 Å². The average Bonchev–Trinajstić information content (AvgIpc) is 2.58. The first-order valence-corrected chi connectivity index (χ1v) is 9.21. The summed E-state index contributed by atoms with van der Waals surface area (Å²) in [5.41, 5.74) is 0. The first kappa shape index (κ1) is 21.9. The Morgan fingerprint density at radius 2 is 1.61 bits per heavy atom. The van der Waals surface area contributed by atoms with Gasteiger partial charge in [0.05, 0.1) is 0 Å². The Labute approximate surface area is 144 Å². The van der Waals surface area contributed by atoms with Crippen LogP contribution >= 0.6 is 0 Å². The van der Waals surface area contributed by atoms with Crippen molar-refractivity contribution in [3.63, 3.8) is 0 Å². The van der Waals surface area contributed by atoms with Gasteiger partial charge in [0.2, 0.25) is 5.91 Å². The predicted molar refractivity (Wildman–Crippen MR) is 101 cm³/mol. The molecular formula is C20H38N2O. The molecule has 3 heteroatoms. The van der Waals surface area contributed by atoms with Gasteiger partial charge in [-0.2, -0.15) is 0 Å². The highest BCUT2D eigenvalue weighted by Gasteiger charge is 2.19. The Bertz CT molecular complexity index is 372. The van der Waals surface area contributed by atoms with Crippen molar-refractivity contribution < 1.29 is 4.79 Å². The van der Waals surface area contributed by atoms with E-state index in [9.17, 15) is 4.79 Å². The minimum Gasteiger partial charge on any atom is -0.339 e. The second kappa shape index (κ2) is 12.3. The first-order valence-electron chi connectivity index (χ1n) is 9.21. The van der Waals surface area contributed by atoms with Crippen molar-refractivity contribution in [2.45, 2.75) is 48.5 Å². The number of carbonyl (C=O) groups excluding carboxylic acids is 1. The van der Waals surface area contributed by atoms with Crippen LogP contribution in [0.15, 0.2) is 24.3 Å². The second-order valence-corrected chi connectivity index (χ2v) is 6.75. The molecule has 0 fully saturated rings. The van der Waals surface area contributed by atoms with E-state index < -0.39 is 0 Å². The monoisotopic (exact) mass is 322 g/mol. The van der Waals surface area contributed by atoms with Crippen molar-refractivity contribution in [1.29, 1.82) is 0 Å². The minimum absolute atomic E-state index is 0.185. The number of hydrogen-bond donors (Lipinski definition) is 1. The molecule has 0 aromatic heterocycles. The summed E-state index contributed by atoms with van der Waals surface area (Å²) in [5.74, 6) is 2.91. The maximum Gasteiger partial charge on any atom is 0.219 e. The van der Waals surface area contributed by atoms with Crippen LogP contribution in [0.2, 0.25) is 0 Å². The number of hydrogen-bond acceptors (Lipinski definition) is 2. The number of carbonyl (C=O) groups is 1. The van der Waals surface area contributed by atoms with Crippen LogP contribution in [0, 0.1) is 23.7 Å². The van der Waals surface area contributed by atoms with E-state index in [1.165, 1.54) is 0 Å². The molecule has 2 aliphatic heterocycles. The summed E-state index contributed by atoms with van der Waals surface area (Å²) in [7, 11) is 0. The van der Waals surface area contributed by atoms with Crippen molar-refractivity contribution in [2.75, 3.05) is 26.2 Å². The molecule has 0 saturated heterocycles. The van der Waals surface area contributed by atoms with E-state index in [0.717, 1.165) is 38.0 Å². The first-order chi connectivity index (χ1) is 10.9. The molecule has 0 aliphatic carbocycles. The van der Waals surface area contributed by atoms with E-state index in [1.807, 2.05) is 18.7 Å². The lowest BCUT2D eigenvalue weighted by molar-refractivity contribution is -0.129. The third kappa shape index (κ3) is 8.95. The molecule has 0 radical (unpaired) electrons. The van der Waals surface area contributed by atoms with E-state index in [1.54, 1.807) is 6.92 Å². The molecule has 1 N–H and O–H groups in total. The molecule has 23 heavy (non-hydrogen) atoms. The minimum atomic E-state index is 0.185. The summed E-state index contributed by atoms with van der Waals surface area (Å²) in [6.07, 6.45) is 8.86. The van der Waals surface area contributed by atoms with Gasteiger partial charge in [-0.15, -0.1) is 0 Å². The highest BCUT2D eigenvalue weighted by molar-refractivity contribution is 5.73. The van der Waals surface area contributed by atoms with E-state index in [-0.39, 0.29) is 5.91 Å². The molecule has 2 atom stereocenters. The molecular weight excluding hydrogens is 284 g/mol. The van der Waals surface area contributed by atoms with Gasteiger partial charge < -0.3 is 10.2 Å². The lowest BCUT2D eigenvalue weighted by Gasteiger charge is -2.29. The van der Waals surface area contributed by atoms with Crippen LogP contribution in [0.4, 0.5) is 0 Å². The highest BCUT2D eigenvalue weighted by atomic mass is 16.2. The Kier molecular flexibility index (Phi) is 11.8. The van der Waals surface area contributed by atoms with Crippen LogP contribution in [0.1, 0.15) is 48.5 Å². The lowest BCUT2D eigenvalue weighted by Crippen LogP contribution is -2.37. The molecule has 0 spiro atoms. The van der Waals surface area contributed by atoms with E-state index in [4.69, 9.17) is 0 Å². The summed E-state index contributed by atoms with van der Waals surface area (Å²) in [6, 6.07) is 0. The summed E-state index contributed by atoms with van der Waals surface area (Å²) in [6.45, 7) is 18.5. The highest BCUT2D eigenvalue weighted by Crippen LogP contribution is 2.17. The normalized spacial score (nSPS) is 23.1. The third-order valence-corrected chi connectivity index (χ3v) is 4.32. The number of rotatable bonds is 2. The molecule has 2 heterocycles. The van der Waals surface area contributed by atoms with Gasteiger partial charge >= 0.3 is 0 Å². The van der Waals surface area contributed by atoms with Gasteiger partial charge in [-0.1, -0.05) is 65.8 Å². The summed E-state index contributed by atoms with van der Waals surface area (Å²) < 4.78 is 0. The smallest absolute Gasteiger partial charge is 0.219 e. The van der Waals surface area contributed by atoms with Crippen LogP contribution in [-0.4, -0.2) is 37.0 Å². The van der Waals surface area contributed by atoms with Crippen molar-refractivity contribution in [3.05, 3.63) is 24.3 Å². The molecule has 2 aliphatic rings. The summed E-state index contributed by atoms with van der Waals surface area (Å²) >= 11 is 0. The second-order valence-electron chi connectivity index (χ2n) is 6.75. The Hall–Kier alpha value is -1.09. The van der Waals surface area contributed by atoms with Crippen LogP contribution in [-0.2, 0) is 4.79 Å². The van der Waals surface area contributed by atoms with Gasteiger partial charge in [-0.05, 0) is 23.7 Å². The standard InChI is InChI=1S/C10H17NO.C8H15N.C2H6/c1-8(2)10-5-4-6-11(7-10)9(3)12;1-7(2)8-4-3-5-9-6-8;1-2/h4-5,8,10H,6-7H2,1-3H3;3-4,7-9H,5-6H2,1-2H3;1-2H3.